The van der Waals surface area contributed by atoms with Crippen LogP contribution in [0.1, 0.15) is 39.0 Å². The molecule has 1 saturated carbocycles. The van der Waals surface area contributed by atoms with Crippen LogP contribution in [0.15, 0.2) is 0 Å². The molecule has 1 aliphatic carbocycles. The number of ether oxygens (including phenoxy) is 1. The first kappa shape index (κ1) is 12.4. The van der Waals surface area contributed by atoms with E-state index in [9.17, 15) is 4.79 Å². The Kier molecular flexibility index (Phi) is 3.32. The monoisotopic (exact) mass is 252 g/mol. The highest BCUT2D eigenvalue weighted by atomic mass is 16.5. The Morgan fingerprint density at radius 3 is 3.11 bits per heavy atom. The fraction of sp³-hybridized carbons (Fsp3) is 0.929. The second kappa shape index (κ2) is 4.82. The van der Waals surface area contributed by atoms with Crippen molar-refractivity contribution in [3.05, 3.63) is 0 Å². The summed E-state index contributed by atoms with van der Waals surface area (Å²) in [5.74, 6) is 1.49. The zero-order valence-corrected chi connectivity index (χ0v) is 11.2. The molecule has 0 aromatic carbocycles. The molecule has 18 heavy (non-hydrogen) atoms. The van der Waals surface area contributed by atoms with Gasteiger partial charge in [0.15, 0.2) is 0 Å². The van der Waals surface area contributed by atoms with E-state index in [0.717, 1.165) is 31.9 Å². The molecule has 1 amide bonds. The van der Waals surface area contributed by atoms with Crippen molar-refractivity contribution >= 4 is 5.91 Å². The SMILES string of the molecule is CC1(CNC(=O)C2NCC3CCCC32)CCCO1. The lowest BCUT2D eigenvalue weighted by Gasteiger charge is -2.25. The summed E-state index contributed by atoms with van der Waals surface area (Å²) in [5.41, 5.74) is -0.136. The van der Waals surface area contributed by atoms with E-state index in [1.54, 1.807) is 0 Å². The van der Waals surface area contributed by atoms with Gasteiger partial charge in [0.2, 0.25) is 5.91 Å². The van der Waals surface area contributed by atoms with E-state index in [0.29, 0.717) is 12.5 Å². The molecule has 3 fully saturated rings. The quantitative estimate of drug-likeness (QED) is 0.789. The third-order valence-electron chi connectivity index (χ3n) is 4.97. The Labute approximate surface area is 109 Å². The average Bonchev–Trinajstić information content (AvgIpc) is 3.01. The summed E-state index contributed by atoms with van der Waals surface area (Å²) in [6, 6.07) is 0.0440. The minimum atomic E-state index is -0.136. The van der Waals surface area contributed by atoms with Gasteiger partial charge in [-0.05, 0) is 51.0 Å². The van der Waals surface area contributed by atoms with Crippen LogP contribution in [-0.2, 0) is 9.53 Å². The van der Waals surface area contributed by atoms with Gasteiger partial charge in [-0.15, -0.1) is 0 Å². The van der Waals surface area contributed by atoms with Gasteiger partial charge in [0, 0.05) is 13.2 Å². The maximum Gasteiger partial charge on any atom is 0.237 e. The number of nitrogens with one attached hydrogen (secondary N) is 2. The van der Waals surface area contributed by atoms with Crippen LogP contribution in [0.4, 0.5) is 0 Å². The molecule has 0 aromatic heterocycles. The first-order valence-corrected chi connectivity index (χ1v) is 7.33. The molecule has 4 atom stereocenters. The van der Waals surface area contributed by atoms with Crippen molar-refractivity contribution in [2.45, 2.75) is 50.7 Å². The molecule has 4 unspecified atom stereocenters. The highest BCUT2D eigenvalue weighted by molar-refractivity contribution is 5.82. The molecule has 4 nitrogen and oxygen atoms in total. The van der Waals surface area contributed by atoms with Crippen molar-refractivity contribution in [1.29, 1.82) is 0 Å². The van der Waals surface area contributed by atoms with E-state index < -0.39 is 0 Å². The number of hydrogen-bond acceptors (Lipinski definition) is 3. The van der Waals surface area contributed by atoms with E-state index in [-0.39, 0.29) is 17.6 Å². The maximum absolute atomic E-state index is 12.3. The lowest BCUT2D eigenvalue weighted by atomic mass is 9.93. The molecule has 0 radical (unpaired) electrons. The summed E-state index contributed by atoms with van der Waals surface area (Å²) in [5, 5.41) is 6.49. The third kappa shape index (κ3) is 2.28. The second-order valence-electron chi connectivity index (χ2n) is 6.36. The van der Waals surface area contributed by atoms with Gasteiger partial charge in [0.1, 0.15) is 0 Å². The highest BCUT2D eigenvalue weighted by Crippen LogP contribution is 2.37. The molecular weight excluding hydrogens is 228 g/mol. The summed E-state index contributed by atoms with van der Waals surface area (Å²) < 4.78 is 5.70. The van der Waals surface area contributed by atoms with Gasteiger partial charge in [-0.2, -0.15) is 0 Å². The Balaban J connectivity index is 1.52. The molecule has 0 aromatic rings. The molecule has 3 rings (SSSR count). The predicted octanol–water partition coefficient (Wildman–Crippen LogP) is 1.06. The van der Waals surface area contributed by atoms with Crippen LogP contribution in [0.2, 0.25) is 0 Å². The minimum absolute atomic E-state index is 0.0440. The van der Waals surface area contributed by atoms with Crippen LogP contribution >= 0.6 is 0 Å². The fourth-order valence-electron chi connectivity index (χ4n) is 3.83. The van der Waals surface area contributed by atoms with Crippen LogP contribution in [0.5, 0.6) is 0 Å². The van der Waals surface area contributed by atoms with Crippen LogP contribution in [0.25, 0.3) is 0 Å². The van der Waals surface area contributed by atoms with E-state index in [1.807, 2.05) is 0 Å². The first-order chi connectivity index (χ1) is 8.68. The van der Waals surface area contributed by atoms with Crippen molar-refractivity contribution in [2.75, 3.05) is 19.7 Å². The van der Waals surface area contributed by atoms with E-state index in [1.165, 1.54) is 19.3 Å². The lowest BCUT2D eigenvalue weighted by Crippen LogP contribution is -2.48. The minimum Gasteiger partial charge on any atom is -0.373 e. The van der Waals surface area contributed by atoms with Gasteiger partial charge in [0.25, 0.3) is 0 Å². The number of carbonyl (C=O) groups is 1. The number of carbonyl (C=O) groups excluding carboxylic acids is 1. The summed E-state index contributed by atoms with van der Waals surface area (Å²) in [6.45, 7) is 4.61. The lowest BCUT2D eigenvalue weighted by molar-refractivity contribution is -0.125. The van der Waals surface area contributed by atoms with Crippen LogP contribution in [0.3, 0.4) is 0 Å². The maximum atomic E-state index is 12.3. The molecule has 0 bridgehead atoms. The smallest absolute Gasteiger partial charge is 0.237 e. The topological polar surface area (TPSA) is 50.4 Å². The first-order valence-electron chi connectivity index (χ1n) is 7.33. The number of hydrogen-bond donors (Lipinski definition) is 2. The average molecular weight is 252 g/mol. The second-order valence-corrected chi connectivity index (χ2v) is 6.36. The van der Waals surface area contributed by atoms with Gasteiger partial charge in [-0.3, -0.25) is 4.79 Å². The van der Waals surface area contributed by atoms with Crippen molar-refractivity contribution in [2.24, 2.45) is 11.8 Å². The normalized spacial score (nSPS) is 43.1. The van der Waals surface area contributed by atoms with E-state index in [2.05, 4.69) is 17.6 Å². The zero-order valence-electron chi connectivity index (χ0n) is 11.2. The van der Waals surface area contributed by atoms with Crippen molar-refractivity contribution < 1.29 is 9.53 Å². The van der Waals surface area contributed by atoms with Crippen LogP contribution in [0, 0.1) is 11.8 Å². The molecule has 3 aliphatic rings. The molecule has 2 aliphatic heterocycles. The Morgan fingerprint density at radius 1 is 1.44 bits per heavy atom. The molecule has 4 heteroatoms. The Hall–Kier alpha value is -0.610. The highest BCUT2D eigenvalue weighted by Gasteiger charge is 2.42. The van der Waals surface area contributed by atoms with Crippen molar-refractivity contribution in [3.8, 4) is 0 Å². The molecule has 102 valence electrons. The number of amides is 1. The zero-order chi connectivity index (χ0) is 12.6. The largest absolute Gasteiger partial charge is 0.373 e. The summed E-state index contributed by atoms with van der Waals surface area (Å²) in [4.78, 5) is 12.3. The molecular formula is C14H24N2O2. The fourth-order valence-corrected chi connectivity index (χ4v) is 3.83. The van der Waals surface area contributed by atoms with Crippen molar-refractivity contribution in [3.63, 3.8) is 0 Å². The van der Waals surface area contributed by atoms with E-state index in [4.69, 9.17) is 4.74 Å². The van der Waals surface area contributed by atoms with Gasteiger partial charge < -0.3 is 15.4 Å². The van der Waals surface area contributed by atoms with Gasteiger partial charge in [-0.25, -0.2) is 0 Å². The van der Waals surface area contributed by atoms with Crippen molar-refractivity contribution in [1.82, 2.24) is 10.6 Å². The van der Waals surface area contributed by atoms with Gasteiger partial charge in [0.05, 0.1) is 11.6 Å². The molecule has 2 heterocycles. The van der Waals surface area contributed by atoms with Crippen LogP contribution < -0.4 is 10.6 Å². The Morgan fingerprint density at radius 2 is 2.33 bits per heavy atom. The van der Waals surface area contributed by atoms with Crippen LogP contribution in [-0.4, -0.2) is 37.2 Å². The molecule has 2 saturated heterocycles. The third-order valence-corrected chi connectivity index (χ3v) is 4.97. The Bertz CT molecular complexity index is 326. The van der Waals surface area contributed by atoms with Gasteiger partial charge in [-0.1, -0.05) is 6.42 Å². The summed E-state index contributed by atoms with van der Waals surface area (Å²) in [7, 11) is 0. The standard InChI is InChI=1S/C14H24N2O2/c1-14(6-3-7-18-14)9-16-13(17)12-11-5-2-4-10(11)8-15-12/h10-12,15H,2-9H2,1H3,(H,16,17). The summed E-state index contributed by atoms with van der Waals surface area (Å²) >= 11 is 0. The number of rotatable bonds is 3. The number of fused-ring (bicyclic) bond motifs is 1. The predicted molar refractivity (Wildman–Crippen MR) is 69.2 cm³/mol. The molecule has 2 N–H and O–H groups in total. The van der Waals surface area contributed by atoms with Gasteiger partial charge >= 0.3 is 0 Å². The van der Waals surface area contributed by atoms with E-state index >= 15 is 0 Å². The summed E-state index contributed by atoms with van der Waals surface area (Å²) in [6.07, 6.45) is 5.96. The molecule has 0 spiro atoms.